The molecule has 4 aromatic rings. The first-order chi connectivity index (χ1) is 20.0. The summed E-state index contributed by atoms with van der Waals surface area (Å²) in [6.07, 6.45) is 6.57. The first kappa shape index (κ1) is 25.2. The van der Waals surface area contributed by atoms with Crippen LogP contribution in [0.4, 0.5) is 10.2 Å². The number of hydrogen-bond donors (Lipinski definition) is 0. The smallest absolute Gasteiger partial charge is 0.319 e. The van der Waals surface area contributed by atoms with Crippen molar-refractivity contribution in [3.63, 3.8) is 0 Å². The SMILES string of the molecule is O=C1O[C@H]2CN(c3nc(OCC45CCCN4CCC5)nc4c(F)c(-c5cccc6cccc(Cl)c56)ncc34)CC[C@@H]12. The highest BCUT2D eigenvalue weighted by atomic mass is 35.5. The fourth-order valence-corrected chi connectivity index (χ4v) is 7.61. The van der Waals surface area contributed by atoms with E-state index in [2.05, 4.69) is 14.9 Å². The number of rotatable bonds is 5. The number of hydrogen-bond acceptors (Lipinski definition) is 8. The molecule has 210 valence electrons. The standard InChI is InChI=1S/C31H29ClFN5O3/c32-22-8-2-6-18-5-1-7-20(24(18)22)26-25(33)27-21(15-34-26)28(37-14-9-19-23(16-37)41-29(19)39)36-30(35-27)40-17-31-10-3-12-38(31)13-4-11-31/h1-2,5-8,15,19,23H,3-4,9-14,16-17H2/t19-,23+/m1/s1. The lowest BCUT2D eigenvalue weighted by Gasteiger charge is -2.43. The van der Waals surface area contributed by atoms with Gasteiger partial charge in [-0.3, -0.25) is 14.7 Å². The van der Waals surface area contributed by atoms with Crippen molar-refractivity contribution in [3.8, 4) is 17.3 Å². The predicted octanol–water partition coefficient (Wildman–Crippen LogP) is 5.40. The summed E-state index contributed by atoms with van der Waals surface area (Å²) in [7, 11) is 0. The van der Waals surface area contributed by atoms with Crippen molar-refractivity contribution >= 4 is 45.1 Å². The highest BCUT2D eigenvalue weighted by Gasteiger charge is 2.47. The molecule has 4 aliphatic rings. The number of carbonyl (C=O) groups is 1. The van der Waals surface area contributed by atoms with Crippen molar-refractivity contribution in [1.82, 2.24) is 19.9 Å². The minimum Gasteiger partial charge on any atom is -0.461 e. The Balaban J connectivity index is 1.24. The van der Waals surface area contributed by atoms with Crippen LogP contribution in [0.25, 0.3) is 32.9 Å². The van der Waals surface area contributed by atoms with Gasteiger partial charge in [0.1, 0.15) is 29.7 Å². The third-order valence-electron chi connectivity index (χ3n) is 9.46. The van der Waals surface area contributed by atoms with Crippen LogP contribution in [0, 0.1) is 11.7 Å². The quantitative estimate of drug-likeness (QED) is 0.294. The van der Waals surface area contributed by atoms with Gasteiger partial charge in [0.05, 0.1) is 23.4 Å². The van der Waals surface area contributed by atoms with Gasteiger partial charge < -0.3 is 14.4 Å². The van der Waals surface area contributed by atoms with E-state index in [-0.39, 0.29) is 40.8 Å². The summed E-state index contributed by atoms with van der Waals surface area (Å²) >= 11 is 6.58. The fourth-order valence-electron chi connectivity index (χ4n) is 7.33. The van der Waals surface area contributed by atoms with Gasteiger partial charge in [0, 0.05) is 28.7 Å². The van der Waals surface area contributed by atoms with E-state index in [0.717, 1.165) is 49.5 Å². The molecule has 0 spiro atoms. The maximum absolute atomic E-state index is 16.6. The Labute approximate surface area is 241 Å². The summed E-state index contributed by atoms with van der Waals surface area (Å²) in [5.41, 5.74) is 0.927. The molecule has 2 aromatic heterocycles. The van der Waals surface area contributed by atoms with E-state index in [1.165, 1.54) is 0 Å². The average Bonchev–Trinajstić information content (AvgIpc) is 3.56. The van der Waals surface area contributed by atoms with Crippen molar-refractivity contribution in [2.75, 3.05) is 37.7 Å². The zero-order valence-electron chi connectivity index (χ0n) is 22.5. The maximum Gasteiger partial charge on any atom is 0.319 e. The van der Waals surface area contributed by atoms with E-state index in [1.807, 2.05) is 35.2 Å². The Hall–Kier alpha value is -3.56. The second kappa shape index (κ2) is 9.49. The highest BCUT2D eigenvalue weighted by Crippen LogP contribution is 2.41. The molecule has 0 N–H and O–H groups in total. The summed E-state index contributed by atoms with van der Waals surface area (Å²) in [5, 5.41) is 2.67. The van der Waals surface area contributed by atoms with Gasteiger partial charge in [-0.25, -0.2) is 4.39 Å². The van der Waals surface area contributed by atoms with E-state index in [1.54, 1.807) is 12.3 Å². The number of halogens is 2. The number of pyridine rings is 1. The molecule has 41 heavy (non-hydrogen) atoms. The number of anilines is 1. The molecule has 0 radical (unpaired) electrons. The zero-order chi connectivity index (χ0) is 27.7. The molecule has 8 rings (SSSR count). The lowest BCUT2D eigenvalue weighted by atomic mass is 9.89. The monoisotopic (exact) mass is 573 g/mol. The molecule has 2 atom stereocenters. The molecule has 4 aliphatic heterocycles. The molecule has 0 saturated carbocycles. The molecule has 10 heteroatoms. The van der Waals surface area contributed by atoms with Gasteiger partial charge in [-0.2, -0.15) is 9.97 Å². The van der Waals surface area contributed by atoms with Crippen LogP contribution < -0.4 is 9.64 Å². The molecule has 0 aliphatic carbocycles. The maximum atomic E-state index is 16.6. The lowest BCUT2D eigenvalue weighted by Crippen LogP contribution is -2.56. The van der Waals surface area contributed by atoms with E-state index < -0.39 is 5.82 Å². The van der Waals surface area contributed by atoms with E-state index >= 15 is 4.39 Å². The fraction of sp³-hybridized carbons (Fsp3) is 0.419. The van der Waals surface area contributed by atoms with Crippen LogP contribution in [-0.2, 0) is 9.53 Å². The average molecular weight is 574 g/mol. The second-order valence-electron chi connectivity index (χ2n) is 11.7. The van der Waals surface area contributed by atoms with Gasteiger partial charge in [-0.15, -0.1) is 0 Å². The van der Waals surface area contributed by atoms with Crippen LogP contribution in [0.5, 0.6) is 6.01 Å². The number of aromatic nitrogens is 3. The molecular formula is C31H29ClFN5O3. The lowest BCUT2D eigenvalue weighted by molar-refractivity contribution is -0.185. The first-order valence-electron chi connectivity index (χ1n) is 14.4. The second-order valence-corrected chi connectivity index (χ2v) is 12.1. The first-order valence-corrected chi connectivity index (χ1v) is 14.8. The predicted molar refractivity (Wildman–Crippen MR) is 154 cm³/mol. The molecule has 6 heterocycles. The van der Waals surface area contributed by atoms with E-state index in [4.69, 9.17) is 26.1 Å². The van der Waals surface area contributed by atoms with Gasteiger partial charge in [-0.1, -0.05) is 41.9 Å². The van der Waals surface area contributed by atoms with Crippen LogP contribution in [-0.4, -0.2) is 70.2 Å². The highest BCUT2D eigenvalue weighted by molar-refractivity contribution is 6.36. The molecular weight excluding hydrogens is 545 g/mol. The molecule has 4 saturated heterocycles. The minimum atomic E-state index is -0.546. The van der Waals surface area contributed by atoms with Gasteiger partial charge >= 0.3 is 12.0 Å². The summed E-state index contributed by atoms with van der Waals surface area (Å²) in [6.45, 7) is 3.72. The number of esters is 1. The number of piperidine rings is 1. The number of nitrogens with zero attached hydrogens (tertiary/aromatic N) is 5. The normalized spacial score (nSPS) is 23.4. The van der Waals surface area contributed by atoms with Crippen LogP contribution >= 0.6 is 11.6 Å². The van der Waals surface area contributed by atoms with Gasteiger partial charge in [0.25, 0.3) is 0 Å². The topological polar surface area (TPSA) is 80.7 Å². The molecule has 4 fully saturated rings. The van der Waals surface area contributed by atoms with Gasteiger partial charge in [0.15, 0.2) is 5.82 Å². The minimum absolute atomic E-state index is 0.00138. The van der Waals surface area contributed by atoms with Crippen LogP contribution in [0.2, 0.25) is 5.02 Å². The van der Waals surface area contributed by atoms with Crippen molar-refractivity contribution < 1.29 is 18.7 Å². The van der Waals surface area contributed by atoms with Crippen molar-refractivity contribution in [3.05, 3.63) is 53.4 Å². The molecule has 0 unspecified atom stereocenters. The summed E-state index contributed by atoms with van der Waals surface area (Å²) in [5.74, 6) is -0.223. The Bertz CT molecular complexity index is 1700. The Morgan fingerprint density at radius 2 is 1.90 bits per heavy atom. The molecule has 2 aromatic carbocycles. The number of fused-ring (bicyclic) bond motifs is 4. The summed E-state index contributed by atoms with van der Waals surface area (Å²) in [6, 6.07) is 11.4. The zero-order valence-corrected chi connectivity index (χ0v) is 23.2. The van der Waals surface area contributed by atoms with Crippen molar-refractivity contribution in [1.29, 1.82) is 0 Å². The number of carbonyl (C=O) groups excluding carboxylic acids is 1. The van der Waals surface area contributed by atoms with Crippen LogP contribution in [0.3, 0.4) is 0 Å². The molecule has 0 bridgehead atoms. The van der Waals surface area contributed by atoms with Crippen molar-refractivity contribution in [2.45, 2.75) is 43.7 Å². The van der Waals surface area contributed by atoms with E-state index in [9.17, 15) is 4.79 Å². The Morgan fingerprint density at radius 1 is 1.10 bits per heavy atom. The Kier molecular flexibility index (Phi) is 5.83. The molecule has 0 amide bonds. The van der Waals surface area contributed by atoms with Crippen LogP contribution in [0.15, 0.2) is 42.6 Å². The summed E-state index contributed by atoms with van der Waals surface area (Å²) < 4.78 is 28.3. The third-order valence-corrected chi connectivity index (χ3v) is 9.78. The number of ether oxygens (including phenoxy) is 2. The summed E-state index contributed by atoms with van der Waals surface area (Å²) in [4.78, 5) is 30.4. The van der Waals surface area contributed by atoms with Crippen LogP contribution in [0.1, 0.15) is 32.1 Å². The van der Waals surface area contributed by atoms with E-state index in [0.29, 0.717) is 47.9 Å². The van der Waals surface area contributed by atoms with Gasteiger partial charge in [-0.05, 0) is 56.6 Å². The van der Waals surface area contributed by atoms with Crippen molar-refractivity contribution in [2.24, 2.45) is 5.92 Å². The Morgan fingerprint density at radius 3 is 2.68 bits per heavy atom. The third kappa shape index (κ3) is 3.96. The molecule has 8 nitrogen and oxygen atoms in total. The largest absolute Gasteiger partial charge is 0.461 e. The van der Waals surface area contributed by atoms with Gasteiger partial charge in [0.2, 0.25) is 0 Å². The number of benzene rings is 2.